The molecule has 0 saturated carbocycles. The Bertz CT molecular complexity index is 318. The van der Waals surface area contributed by atoms with E-state index < -0.39 is 0 Å². The van der Waals surface area contributed by atoms with E-state index in [0.29, 0.717) is 0 Å². The maximum atomic E-state index is 6.10. The van der Waals surface area contributed by atoms with E-state index in [1.807, 2.05) is 18.2 Å². The topological polar surface area (TPSA) is 15.1 Å². The first-order valence-electron chi connectivity index (χ1n) is 5.24. The van der Waals surface area contributed by atoms with E-state index in [1.54, 1.807) is 4.42 Å². The molecule has 1 aliphatic heterocycles. The number of morpholine rings is 1. The molecule has 0 spiro atoms. The number of hydrogen-bond acceptors (Lipinski definition) is 2. The summed E-state index contributed by atoms with van der Waals surface area (Å²) >= 11 is 6.10. The van der Waals surface area contributed by atoms with Crippen molar-refractivity contribution in [2.45, 2.75) is 25.6 Å². The minimum atomic E-state index is -0.291. The van der Waals surface area contributed by atoms with Crippen LogP contribution in [0.3, 0.4) is 0 Å². The van der Waals surface area contributed by atoms with E-state index in [9.17, 15) is 0 Å². The first-order valence-corrected chi connectivity index (χ1v) is 5.58. The average molecular weight is 226 g/mol. The molecule has 2 unspecified atom stereocenters. The van der Waals surface area contributed by atoms with Crippen molar-refractivity contribution in [2.75, 3.05) is 13.1 Å². The van der Waals surface area contributed by atoms with Gasteiger partial charge in [0.2, 0.25) is 11.8 Å². The minimum absolute atomic E-state index is 0.168. The summed E-state index contributed by atoms with van der Waals surface area (Å²) in [4.78, 5) is 0. The molecule has 1 saturated heterocycles. The van der Waals surface area contributed by atoms with Crippen molar-refractivity contribution >= 4 is 11.8 Å². The highest BCUT2D eigenvalue weighted by atomic mass is 35.5. The van der Waals surface area contributed by atoms with E-state index >= 15 is 0 Å². The molecule has 81 valence electrons. The van der Waals surface area contributed by atoms with Crippen LogP contribution in [0.1, 0.15) is 19.4 Å². The Labute approximate surface area is 95.9 Å². The van der Waals surface area contributed by atoms with E-state index in [4.69, 9.17) is 16.5 Å². The lowest BCUT2D eigenvalue weighted by atomic mass is 9.94. The molecule has 3 heteroatoms. The van der Waals surface area contributed by atoms with Gasteiger partial charge in [-0.2, -0.15) is 0 Å². The van der Waals surface area contributed by atoms with Crippen molar-refractivity contribution < 1.29 is 4.74 Å². The van der Waals surface area contributed by atoms with Crippen LogP contribution in [0, 0.1) is 0 Å². The van der Waals surface area contributed by atoms with Crippen molar-refractivity contribution in [2.24, 2.45) is 0 Å². The normalized spacial score (nSPS) is 32.9. The van der Waals surface area contributed by atoms with Crippen LogP contribution in [0.2, 0.25) is 0 Å². The molecule has 1 aromatic carbocycles. The van der Waals surface area contributed by atoms with Gasteiger partial charge in [0, 0.05) is 0 Å². The lowest BCUT2D eigenvalue weighted by Crippen LogP contribution is -2.50. The number of nitrogens with zero attached hydrogens (tertiary/aromatic N) is 1. The van der Waals surface area contributed by atoms with E-state index in [-0.39, 0.29) is 11.7 Å². The molecular weight excluding hydrogens is 210 g/mol. The Morgan fingerprint density at radius 1 is 1.40 bits per heavy atom. The van der Waals surface area contributed by atoms with Crippen LogP contribution in [0.25, 0.3) is 0 Å². The SMILES string of the molecule is CC1C[N+](Cl)CC(C)(c2ccccc2)O1. The number of ether oxygens (including phenoxy) is 1. The molecule has 1 fully saturated rings. The van der Waals surface area contributed by atoms with E-state index in [2.05, 4.69) is 26.0 Å². The van der Waals surface area contributed by atoms with Crippen LogP contribution < -0.4 is 4.42 Å². The van der Waals surface area contributed by atoms with Gasteiger partial charge in [0.1, 0.15) is 11.7 Å². The summed E-state index contributed by atoms with van der Waals surface area (Å²) in [5, 5.41) is 0. The van der Waals surface area contributed by atoms with Gasteiger partial charge in [-0.3, -0.25) is 0 Å². The van der Waals surface area contributed by atoms with Crippen LogP contribution in [0.5, 0.6) is 0 Å². The fourth-order valence-corrected chi connectivity index (χ4v) is 2.56. The predicted octanol–water partition coefficient (Wildman–Crippen LogP) is 2.61. The summed E-state index contributed by atoms with van der Waals surface area (Å²) in [6.45, 7) is 5.65. The highest BCUT2D eigenvalue weighted by Crippen LogP contribution is 2.31. The van der Waals surface area contributed by atoms with Crippen LogP contribution in [0.4, 0.5) is 0 Å². The number of hydrogen-bond donors (Lipinski definition) is 0. The highest BCUT2D eigenvalue weighted by Gasteiger charge is 2.42. The van der Waals surface area contributed by atoms with Crippen molar-refractivity contribution in [1.82, 2.24) is 4.42 Å². The maximum absolute atomic E-state index is 6.10. The summed E-state index contributed by atoms with van der Waals surface area (Å²) in [5.74, 6) is 0. The van der Waals surface area contributed by atoms with Crippen molar-refractivity contribution in [3.8, 4) is 0 Å². The second kappa shape index (κ2) is 4.12. The zero-order valence-electron chi connectivity index (χ0n) is 9.11. The first-order chi connectivity index (χ1) is 7.10. The van der Waals surface area contributed by atoms with E-state index in [0.717, 1.165) is 13.1 Å². The molecule has 2 rings (SSSR count). The molecule has 0 aliphatic carbocycles. The average Bonchev–Trinajstić information content (AvgIpc) is 2.17. The lowest BCUT2D eigenvalue weighted by molar-refractivity contribution is -0.110. The van der Waals surface area contributed by atoms with E-state index in [1.165, 1.54) is 5.56 Å². The molecule has 0 N–H and O–H groups in total. The monoisotopic (exact) mass is 225 g/mol. The zero-order chi connectivity index (χ0) is 10.9. The maximum Gasteiger partial charge on any atom is 0.225 e. The van der Waals surface area contributed by atoms with Crippen molar-refractivity contribution in [3.63, 3.8) is 0 Å². The fraction of sp³-hybridized carbons (Fsp3) is 0.500. The Morgan fingerprint density at radius 3 is 2.67 bits per heavy atom. The fourth-order valence-electron chi connectivity index (χ4n) is 2.14. The molecule has 1 aromatic rings. The van der Waals surface area contributed by atoms with Crippen LogP contribution >= 0.6 is 11.8 Å². The molecule has 1 aliphatic rings. The standard InChI is InChI=1S/C12H16ClNO/c1-10-8-14(13)9-12(2,15-10)11-6-4-3-5-7-11/h3-7,10H,8-9H2,1-2H3/q+1. The Kier molecular flexibility index (Phi) is 3.01. The number of rotatable bonds is 1. The molecule has 2 atom stereocenters. The van der Waals surface area contributed by atoms with Gasteiger partial charge >= 0.3 is 0 Å². The molecule has 1 heterocycles. The lowest BCUT2D eigenvalue weighted by Gasteiger charge is -2.35. The third kappa shape index (κ3) is 2.33. The molecule has 0 bridgehead atoms. The second-order valence-electron chi connectivity index (χ2n) is 4.33. The molecule has 0 amide bonds. The van der Waals surface area contributed by atoms with Crippen LogP contribution in [-0.2, 0) is 10.3 Å². The quantitative estimate of drug-likeness (QED) is 0.671. The van der Waals surface area contributed by atoms with Gasteiger partial charge in [-0.05, 0) is 19.4 Å². The smallest absolute Gasteiger partial charge is 0.225 e. The highest BCUT2D eigenvalue weighted by molar-refractivity contribution is 6.15. The summed E-state index contributed by atoms with van der Waals surface area (Å²) in [6.07, 6.45) is 0.168. The van der Waals surface area contributed by atoms with Crippen molar-refractivity contribution in [3.05, 3.63) is 35.9 Å². The Balaban J connectivity index is 2.26. The van der Waals surface area contributed by atoms with Crippen LogP contribution in [0.15, 0.2) is 30.3 Å². The van der Waals surface area contributed by atoms with Gasteiger partial charge in [-0.1, -0.05) is 34.8 Å². The third-order valence-electron chi connectivity index (χ3n) is 2.77. The van der Waals surface area contributed by atoms with Gasteiger partial charge in [0.05, 0.1) is 0 Å². The molecule has 15 heavy (non-hydrogen) atoms. The van der Waals surface area contributed by atoms with Gasteiger partial charge < -0.3 is 4.74 Å². The summed E-state index contributed by atoms with van der Waals surface area (Å²) < 4.78 is 7.81. The first kappa shape index (κ1) is 10.9. The molecule has 0 aromatic heterocycles. The minimum Gasteiger partial charge on any atom is -0.355 e. The van der Waals surface area contributed by atoms with Crippen molar-refractivity contribution in [1.29, 1.82) is 0 Å². The van der Waals surface area contributed by atoms with Gasteiger partial charge in [0.15, 0.2) is 13.1 Å². The van der Waals surface area contributed by atoms with Gasteiger partial charge in [-0.15, -0.1) is 0 Å². The Hall–Kier alpha value is -0.570. The third-order valence-corrected chi connectivity index (χ3v) is 3.03. The van der Waals surface area contributed by atoms with Crippen LogP contribution in [-0.4, -0.2) is 19.2 Å². The summed E-state index contributed by atoms with van der Waals surface area (Å²) in [5.41, 5.74) is 0.892. The summed E-state index contributed by atoms with van der Waals surface area (Å²) in [7, 11) is 0. The predicted molar refractivity (Wildman–Crippen MR) is 62.1 cm³/mol. The molecule has 1 radical (unpaired) electrons. The largest absolute Gasteiger partial charge is 0.355 e. The molecular formula is C12H16ClNO+. The molecule has 2 nitrogen and oxygen atoms in total. The Morgan fingerprint density at radius 2 is 2.07 bits per heavy atom. The van der Waals surface area contributed by atoms with Gasteiger partial charge in [0.25, 0.3) is 0 Å². The summed E-state index contributed by atoms with van der Waals surface area (Å²) in [6, 6.07) is 10.2. The second-order valence-corrected chi connectivity index (χ2v) is 4.81. The number of halogens is 1. The zero-order valence-corrected chi connectivity index (χ0v) is 9.87. The number of benzene rings is 1. The van der Waals surface area contributed by atoms with Gasteiger partial charge in [-0.25, -0.2) is 0 Å².